The molecule has 1 unspecified atom stereocenters. The highest BCUT2D eigenvalue weighted by atomic mass is 16.5. The molecular weight excluding hydrogens is 188 g/mol. The van der Waals surface area contributed by atoms with Crippen molar-refractivity contribution in [2.45, 2.75) is 59.5 Å². The molecule has 3 nitrogen and oxygen atoms in total. The molecule has 0 amide bonds. The minimum absolute atomic E-state index is 0.615. The Kier molecular flexibility index (Phi) is 4.82. The summed E-state index contributed by atoms with van der Waals surface area (Å²) in [5.74, 6) is 0.936. The third kappa shape index (κ3) is 3.34. The molecule has 0 bridgehead atoms. The van der Waals surface area contributed by atoms with Gasteiger partial charge in [0.15, 0.2) is 0 Å². The molecule has 0 aliphatic carbocycles. The molecule has 1 aromatic heterocycles. The summed E-state index contributed by atoms with van der Waals surface area (Å²) in [4.78, 5) is 0. The van der Waals surface area contributed by atoms with Gasteiger partial charge < -0.3 is 9.84 Å². The van der Waals surface area contributed by atoms with Crippen molar-refractivity contribution < 1.29 is 4.52 Å². The predicted octanol–water partition coefficient (Wildman–Crippen LogP) is 2.96. The van der Waals surface area contributed by atoms with Gasteiger partial charge in [-0.3, -0.25) is 0 Å². The van der Waals surface area contributed by atoms with Crippen LogP contribution in [0, 0.1) is 13.8 Å². The van der Waals surface area contributed by atoms with Gasteiger partial charge >= 0.3 is 0 Å². The topological polar surface area (TPSA) is 38.1 Å². The van der Waals surface area contributed by atoms with Crippen LogP contribution in [0.4, 0.5) is 0 Å². The van der Waals surface area contributed by atoms with Crippen molar-refractivity contribution in [2.75, 3.05) is 0 Å². The first-order valence-electron chi connectivity index (χ1n) is 5.84. The number of nitrogens with zero attached hydrogens (tertiary/aromatic N) is 1. The first-order valence-corrected chi connectivity index (χ1v) is 5.84. The Labute approximate surface area is 92.2 Å². The van der Waals surface area contributed by atoms with Crippen molar-refractivity contribution >= 4 is 0 Å². The molecule has 0 saturated carbocycles. The number of aryl methyl sites for hydroxylation is 2. The van der Waals surface area contributed by atoms with E-state index in [-0.39, 0.29) is 0 Å². The molecule has 0 fully saturated rings. The highest BCUT2D eigenvalue weighted by Gasteiger charge is 2.10. The zero-order valence-corrected chi connectivity index (χ0v) is 10.3. The van der Waals surface area contributed by atoms with E-state index in [0.29, 0.717) is 6.04 Å². The Balaban J connectivity index is 2.48. The van der Waals surface area contributed by atoms with Gasteiger partial charge in [-0.25, -0.2) is 0 Å². The van der Waals surface area contributed by atoms with E-state index < -0.39 is 0 Å². The van der Waals surface area contributed by atoms with Gasteiger partial charge in [-0.2, -0.15) is 0 Å². The van der Waals surface area contributed by atoms with Crippen LogP contribution in [0.15, 0.2) is 4.52 Å². The van der Waals surface area contributed by atoms with E-state index in [2.05, 4.69) is 24.3 Å². The van der Waals surface area contributed by atoms with Crippen molar-refractivity contribution in [3.63, 3.8) is 0 Å². The minimum Gasteiger partial charge on any atom is -0.361 e. The van der Waals surface area contributed by atoms with Crippen molar-refractivity contribution in [1.29, 1.82) is 0 Å². The summed E-state index contributed by atoms with van der Waals surface area (Å²) in [5.41, 5.74) is 2.22. The first-order chi connectivity index (χ1) is 7.19. The van der Waals surface area contributed by atoms with E-state index in [4.69, 9.17) is 4.52 Å². The maximum atomic E-state index is 5.13. The van der Waals surface area contributed by atoms with Gasteiger partial charge in [-0.1, -0.05) is 25.4 Å². The molecule has 0 aliphatic heterocycles. The Morgan fingerprint density at radius 1 is 1.33 bits per heavy atom. The second-order valence-electron chi connectivity index (χ2n) is 4.08. The number of nitrogens with one attached hydrogen (secondary N) is 1. The van der Waals surface area contributed by atoms with Gasteiger partial charge in [-0.05, 0) is 26.7 Å². The van der Waals surface area contributed by atoms with Gasteiger partial charge in [0.05, 0.1) is 5.69 Å². The standard InChI is InChI=1S/C12H22N2O/c1-5-7-11(6-2)13-8-12-9(3)14-15-10(12)4/h11,13H,5-8H2,1-4H3. The monoisotopic (exact) mass is 210 g/mol. The van der Waals surface area contributed by atoms with E-state index in [1.165, 1.54) is 24.8 Å². The highest BCUT2D eigenvalue weighted by molar-refractivity contribution is 5.20. The van der Waals surface area contributed by atoms with Gasteiger partial charge in [0.1, 0.15) is 5.76 Å². The van der Waals surface area contributed by atoms with Crippen LogP contribution in [0.1, 0.15) is 50.1 Å². The van der Waals surface area contributed by atoms with Crippen LogP contribution in [-0.4, -0.2) is 11.2 Å². The van der Waals surface area contributed by atoms with Crippen LogP contribution in [0.5, 0.6) is 0 Å². The van der Waals surface area contributed by atoms with Crippen LogP contribution < -0.4 is 5.32 Å². The Bertz CT molecular complexity index is 274. The molecule has 0 saturated heterocycles. The molecule has 15 heavy (non-hydrogen) atoms. The lowest BCUT2D eigenvalue weighted by Crippen LogP contribution is -2.28. The number of aromatic nitrogens is 1. The van der Waals surface area contributed by atoms with Gasteiger partial charge in [0, 0.05) is 18.2 Å². The fraction of sp³-hybridized carbons (Fsp3) is 0.750. The summed E-state index contributed by atoms with van der Waals surface area (Å²) in [6.45, 7) is 9.28. The lowest BCUT2D eigenvalue weighted by Gasteiger charge is -2.15. The van der Waals surface area contributed by atoms with E-state index in [1.54, 1.807) is 0 Å². The van der Waals surface area contributed by atoms with Crippen LogP contribution in [0.2, 0.25) is 0 Å². The smallest absolute Gasteiger partial charge is 0.138 e. The number of rotatable bonds is 6. The molecule has 86 valence electrons. The molecule has 1 atom stereocenters. The second kappa shape index (κ2) is 5.91. The summed E-state index contributed by atoms with van der Waals surface area (Å²) < 4.78 is 5.13. The minimum atomic E-state index is 0.615. The maximum Gasteiger partial charge on any atom is 0.138 e. The normalized spacial score (nSPS) is 13.1. The Morgan fingerprint density at radius 3 is 2.53 bits per heavy atom. The average molecular weight is 210 g/mol. The van der Waals surface area contributed by atoms with Crippen LogP contribution in [0.3, 0.4) is 0 Å². The van der Waals surface area contributed by atoms with Gasteiger partial charge in [0.25, 0.3) is 0 Å². The molecule has 1 rings (SSSR count). The largest absolute Gasteiger partial charge is 0.361 e. The second-order valence-corrected chi connectivity index (χ2v) is 4.08. The summed E-state index contributed by atoms with van der Waals surface area (Å²) >= 11 is 0. The lowest BCUT2D eigenvalue weighted by molar-refractivity contribution is 0.390. The third-order valence-electron chi connectivity index (χ3n) is 2.88. The fourth-order valence-electron chi connectivity index (χ4n) is 1.80. The molecule has 3 heteroatoms. The van der Waals surface area contributed by atoms with E-state index >= 15 is 0 Å². The van der Waals surface area contributed by atoms with Crippen molar-refractivity contribution in [3.05, 3.63) is 17.0 Å². The number of hydrogen-bond acceptors (Lipinski definition) is 3. The highest BCUT2D eigenvalue weighted by Crippen LogP contribution is 2.12. The Morgan fingerprint density at radius 2 is 2.07 bits per heavy atom. The molecule has 0 radical (unpaired) electrons. The molecular formula is C12H22N2O. The van der Waals surface area contributed by atoms with Gasteiger partial charge in [-0.15, -0.1) is 0 Å². The Hall–Kier alpha value is -0.830. The molecule has 1 aromatic rings. The summed E-state index contributed by atoms with van der Waals surface area (Å²) in [5, 5.41) is 7.51. The molecule has 0 spiro atoms. The molecule has 1 heterocycles. The van der Waals surface area contributed by atoms with Gasteiger partial charge in [0.2, 0.25) is 0 Å². The maximum absolute atomic E-state index is 5.13. The summed E-state index contributed by atoms with van der Waals surface area (Å²) in [6.07, 6.45) is 3.64. The molecule has 1 N–H and O–H groups in total. The SMILES string of the molecule is CCCC(CC)NCc1c(C)noc1C. The quantitative estimate of drug-likeness (QED) is 0.784. The average Bonchev–Trinajstić information content (AvgIpc) is 2.54. The summed E-state index contributed by atoms with van der Waals surface area (Å²) in [6, 6.07) is 0.615. The van der Waals surface area contributed by atoms with E-state index in [0.717, 1.165) is 18.0 Å². The van der Waals surface area contributed by atoms with Crippen molar-refractivity contribution in [1.82, 2.24) is 10.5 Å². The first kappa shape index (κ1) is 12.2. The molecule has 0 aliphatic rings. The lowest BCUT2D eigenvalue weighted by atomic mass is 10.1. The molecule has 0 aromatic carbocycles. The van der Waals surface area contributed by atoms with E-state index in [1.807, 2.05) is 13.8 Å². The fourth-order valence-corrected chi connectivity index (χ4v) is 1.80. The van der Waals surface area contributed by atoms with Crippen LogP contribution >= 0.6 is 0 Å². The number of hydrogen-bond donors (Lipinski definition) is 1. The zero-order valence-electron chi connectivity index (χ0n) is 10.3. The summed E-state index contributed by atoms with van der Waals surface area (Å²) in [7, 11) is 0. The van der Waals surface area contributed by atoms with E-state index in [9.17, 15) is 0 Å². The van der Waals surface area contributed by atoms with Crippen LogP contribution in [0.25, 0.3) is 0 Å². The van der Waals surface area contributed by atoms with Crippen molar-refractivity contribution in [2.24, 2.45) is 0 Å². The van der Waals surface area contributed by atoms with Crippen molar-refractivity contribution in [3.8, 4) is 0 Å². The third-order valence-corrected chi connectivity index (χ3v) is 2.88. The zero-order chi connectivity index (χ0) is 11.3. The van der Waals surface area contributed by atoms with Crippen LogP contribution in [-0.2, 0) is 6.54 Å². The predicted molar refractivity (Wildman–Crippen MR) is 61.8 cm³/mol.